The van der Waals surface area contributed by atoms with Gasteiger partial charge in [-0.25, -0.2) is 5.43 Å². The summed E-state index contributed by atoms with van der Waals surface area (Å²) >= 11 is 15.0. The summed E-state index contributed by atoms with van der Waals surface area (Å²) in [6.45, 7) is 2.22. The third-order valence-corrected chi connectivity index (χ3v) is 4.06. The first kappa shape index (κ1) is 18.6. The van der Waals surface area contributed by atoms with Gasteiger partial charge in [-0.15, -0.1) is 0 Å². The molecule has 8 heteroatoms. The van der Waals surface area contributed by atoms with Gasteiger partial charge < -0.3 is 9.84 Å². The Kier molecular flexibility index (Phi) is 6.48. The number of nitrogens with zero attached hydrogens (tertiary/aromatic N) is 1. The molecule has 2 aromatic carbocycles. The monoisotopic (exact) mass is 430 g/mol. The van der Waals surface area contributed by atoms with Gasteiger partial charge >= 0.3 is 0 Å². The highest BCUT2D eigenvalue weighted by Crippen LogP contribution is 2.35. The third kappa shape index (κ3) is 4.63. The van der Waals surface area contributed by atoms with Crippen LogP contribution in [0.4, 0.5) is 0 Å². The highest BCUT2D eigenvalue weighted by atomic mass is 79.9. The SMILES string of the molecule is CCOc1cc(/C=N\NC(=O)c2ccc(Cl)cc2Cl)cc(Br)c1O. The Bertz CT molecular complexity index is 797. The lowest BCUT2D eigenvalue weighted by Gasteiger charge is -2.08. The highest BCUT2D eigenvalue weighted by molar-refractivity contribution is 9.10. The number of hydrogen-bond donors (Lipinski definition) is 2. The number of phenols is 1. The molecule has 0 fully saturated rings. The molecular formula is C16H13BrCl2N2O3. The second-order valence-electron chi connectivity index (χ2n) is 4.61. The van der Waals surface area contributed by atoms with Gasteiger partial charge in [-0.3, -0.25) is 4.79 Å². The fourth-order valence-corrected chi connectivity index (χ4v) is 2.79. The number of benzene rings is 2. The Morgan fingerprint density at radius 2 is 2.12 bits per heavy atom. The second kappa shape index (κ2) is 8.37. The van der Waals surface area contributed by atoms with E-state index in [1.165, 1.54) is 18.3 Å². The molecule has 0 saturated carbocycles. The van der Waals surface area contributed by atoms with E-state index in [0.717, 1.165) is 0 Å². The van der Waals surface area contributed by atoms with Crippen molar-refractivity contribution in [3.05, 3.63) is 56.0 Å². The van der Waals surface area contributed by atoms with Crippen molar-refractivity contribution in [2.24, 2.45) is 5.10 Å². The summed E-state index contributed by atoms with van der Waals surface area (Å²) in [6.07, 6.45) is 1.43. The van der Waals surface area contributed by atoms with Gasteiger partial charge in [-0.2, -0.15) is 5.10 Å². The minimum Gasteiger partial charge on any atom is -0.503 e. The summed E-state index contributed by atoms with van der Waals surface area (Å²) in [6, 6.07) is 7.81. The topological polar surface area (TPSA) is 70.9 Å². The van der Waals surface area contributed by atoms with Crippen LogP contribution in [0.3, 0.4) is 0 Å². The summed E-state index contributed by atoms with van der Waals surface area (Å²) in [5, 5.41) is 14.4. The summed E-state index contributed by atoms with van der Waals surface area (Å²) in [5.74, 6) is -0.137. The lowest BCUT2D eigenvalue weighted by Crippen LogP contribution is -2.18. The Labute approximate surface area is 157 Å². The van der Waals surface area contributed by atoms with Gasteiger partial charge in [0.1, 0.15) is 0 Å². The molecule has 0 atom stereocenters. The largest absolute Gasteiger partial charge is 0.503 e. The molecule has 0 aliphatic carbocycles. The van der Waals surface area contributed by atoms with Crippen LogP contribution in [-0.2, 0) is 0 Å². The van der Waals surface area contributed by atoms with Gasteiger partial charge in [-0.05, 0) is 58.7 Å². The molecule has 0 aliphatic rings. The summed E-state index contributed by atoms with van der Waals surface area (Å²) in [4.78, 5) is 12.0. The van der Waals surface area contributed by atoms with Crippen LogP contribution in [0.5, 0.6) is 11.5 Å². The number of carbonyl (C=O) groups excluding carboxylic acids is 1. The van der Waals surface area contributed by atoms with E-state index in [4.69, 9.17) is 27.9 Å². The van der Waals surface area contributed by atoms with Crippen LogP contribution >= 0.6 is 39.1 Å². The number of halogens is 3. The van der Waals surface area contributed by atoms with Crippen LogP contribution in [0, 0.1) is 0 Å². The van der Waals surface area contributed by atoms with Crippen molar-refractivity contribution in [2.75, 3.05) is 6.61 Å². The van der Waals surface area contributed by atoms with Crippen LogP contribution in [0.25, 0.3) is 0 Å². The second-order valence-corrected chi connectivity index (χ2v) is 6.30. The normalized spacial score (nSPS) is 10.8. The van der Waals surface area contributed by atoms with Crippen molar-refractivity contribution in [2.45, 2.75) is 6.92 Å². The Balaban J connectivity index is 2.12. The van der Waals surface area contributed by atoms with E-state index < -0.39 is 5.91 Å². The number of hydrazone groups is 1. The Morgan fingerprint density at radius 1 is 1.38 bits per heavy atom. The molecule has 0 aliphatic heterocycles. The first-order chi connectivity index (χ1) is 11.4. The van der Waals surface area contributed by atoms with Crippen molar-refractivity contribution in [3.8, 4) is 11.5 Å². The summed E-state index contributed by atoms with van der Waals surface area (Å²) in [7, 11) is 0. The molecule has 0 spiro atoms. The number of phenolic OH excluding ortho intramolecular Hbond substituents is 1. The van der Waals surface area contributed by atoms with Crippen molar-refractivity contribution in [3.63, 3.8) is 0 Å². The van der Waals surface area contributed by atoms with Crippen LogP contribution < -0.4 is 10.2 Å². The van der Waals surface area contributed by atoms with Crippen LogP contribution in [-0.4, -0.2) is 23.8 Å². The van der Waals surface area contributed by atoms with Gasteiger partial charge in [-0.1, -0.05) is 23.2 Å². The van der Waals surface area contributed by atoms with Crippen LogP contribution in [0.1, 0.15) is 22.8 Å². The number of hydrogen-bond acceptors (Lipinski definition) is 4. The molecule has 0 radical (unpaired) electrons. The minimum atomic E-state index is -0.462. The van der Waals surface area contributed by atoms with E-state index in [1.807, 2.05) is 6.92 Å². The summed E-state index contributed by atoms with van der Waals surface area (Å²) < 4.78 is 5.78. The van der Waals surface area contributed by atoms with Crippen LogP contribution in [0.15, 0.2) is 39.9 Å². The molecule has 0 saturated heterocycles. The number of nitrogens with one attached hydrogen (secondary N) is 1. The number of aromatic hydroxyl groups is 1. The first-order valence-electron chi connectivity index (χ1n) is 6.86. The van der Waals surface area contributed by atoms with E-state index >= 15 is 0 Å². The molecule has 0 heterocycles. The van der Waals surface area contributed by atoms with Gasteiger partial charge in [0, 0.05) is 5.02 Å². The number of amides is 1. The highest BCUT2D eigenvalue weighted by Gasteiger charge is 2.10. The molecule has 2 N–H and O–H groups in total. The quantitative estimate of drug-likeness (QED) is 0.535. The standard InChI is InChI=1S/C16H13BrCl2N2O3/c1-2-24-14-6-9(5-12(17)15(14)22)8-20-21-16(23)11-4-3-10(18)7-13(11)19/h3-8,22H,2H2,1H3,(H,21,23)/b20-8-. The molecule has 0 aromatic heterocycles. The third-order valence-electron chi connectivity index (χ3n) is 2.91. The van der Waals surface area contributed by atoms with Crippen LogP contribution in [0.2, 0.25) is 10.0 Å². The van der Waals surface area contributed by atoms with E-state index in [1.54, 1.807) is 18.2 Å². The van der Waals surface area contributed by atoms with Gasteiger partial charge in [0.15, 0.2) is 11.5 Å². The average molecular weight is 432 g/mol. The number of rotatable bonds is 5. The Hall–Kier alpha value is -1.76. The predicted molar refractivity (Wildman–Crippen MR) is 98.5 cm³/mol. The average Bonchev–Trinajstić information content (AvgIpc) is 2.52. The molecule has 2 rings (SSSR count). The maximum Gasteiger partial charge on any atom is 0.272 e. The minimum absolute atomic E-state index is 0.00554. The van der Waals surface area contributed by atoms with Gasteiger partial charge in [0.05, 0.1) is 27.9 Å². The zero-order valence-corrected chi connectivity index (χ0v) is 15.6. The lowest BCUT2D eigenvalue weighted by atomic mass is 10.2. The van der Waals surface area contributed by atoms with E-state index in [9.17, 15) is 9.90 Å². The van der Waals surface area contributed by atoms with Gasteiger partial charge in [0.25, 0.3) is 5.91 Å². The van der Waals surface area contributed by atoms with Gasteiger partial charge in [0.2, 0.25) is 0 Å². The van der Waals surface area contributed by atoms with E-state index in [0.29, 0.717) is 27.4 Å². The number of ether oxygens (including phenoxy) is 1. The molecule has 126 valence electrons. The molecule has 0 bridgehead atoms. The van der Waals surface area contributed by atoms with Crippen molar-refractivity contribution in [1.82, 2.24) is 5.43 Å². The maximum absolute atomic E-state index is 12.0. The van der Waals surface area contributed by atoms with Crippen molar-refractivity contribution >= 4 is 51.3 Å². The molecular weight excluding hydrogens is 419 g/mol. The molecule has 2 aromatic rings. The van der Waals surface area contributed by atoms with E-state index in [-0.39, 0.29) is 16.3 Å². The molecule has 5 nitrogen and oxygen atoms in total. The Morgan fingerprint density at radius 3 is 2.79 bits per heavy atom. The molecule has 0 unspecified atom stereocenters. The number of carbonyl (C=O) groups is 1. The molecule has 1 amide bonds. The summed E-state index contributed by atoms with van der Waals surface area (Å²) in [5.41, 5.74) is 3.27. The maximum atomic E-state index is 12.0. The van der Waals surface area contributed by atoms with Crippen molar-refractivity contribution in [1.29, 1.82) is 0 Å². The smallest absolute Gasteiger partial charge is 0.272 e. The fourth-order valence-electron chi connectivity index (χ4n) is 1.83. The van der Waals surface area contributed by atoms with E-state index in [2.05, 4.69) is 26.5 Å². The zero-order valence-electron chi connectivity index (χ0n) is 12.5. The predicted octanol–water partition coefficient (Wildman–Crippen LogP) is 4.62. The van der Waals surface area contributed by atoms with Crippen molar-refractivity contribution < 1.29 is 14.6 Å². The fraction of sp³-hybridized carbons (Fsp3) is 0.125. The molecule has 24 heavy (non-hydrogen) atoms. The lowest BCUT2D eigenvalue weighted by molar-refractivity contribution is 0.0955. The first-order valence-corrected chi connectivity index (χ1v) is 8.41. The zero-order chi connectivity index (χ0) is 17.7.